The van der Waals surface area contributed by atoms with E-state index in [2.05, 4.69) is 16.1 Å². The fourth-order valence-corrected chi connectivity index (χ4v) is 3.58. The van der Waals surface area contributed by atoms with Crippen LogP contribution in [0.1, 0.15) is 56.3 Å². The van der Waals surface area contributed by atoms with E-state index in [9.17, 15) is 0 Å². The number of nitriles is 1. The summed E-state index contributed by atoms with van der Waals surface area (Å²) in [6.45, 7) is 4.17. The first-order chi connectivity index (χ1) is 9.85. The number of hydrogen-bond donors (Lipinski definition) is 0. The van der Waals surface area contributed by atoms with Gasteiger partial charge in [-0.25, -0.2) is 0 Å². The summed E-state index contributed by atoms with van der Waals surface area (Å²) in [6.07, 6.45) is 9.96. The molecule has 0 bridgehead atoms. The average molecular weight is 272 g/mol. The Morgan fingerprint density at radius 1 is 1.20 bits per heavy atom. The summed E-state index contributed by atoms with van der Waals surface area (Å²) < 4.78 is 2.00. The van der Waals surface area contributed by atoms with Crippen LogP contribution in [0.25, 0.3) is 0 Å². The Hall–Kier alpha value is -1.34. The van der Waals surface area contributed by atoms with Gasteiger partial charge in [-0.1, -0.05) is 38.5 Å². The molecule has 4 nitrogen and oxygen atoms in total. The Morgan fingerprint density at radius 3 is 2.75 bits per heavy atom. The van der Waals surface area contributed by atoms with Crippen LogP contribution in [0.2, 0.25) is 0 Å². The second-order valence-electron chi connectivity index (χ2n) is 6.28. The molecule has 1 aliphatic carbocycles. The number of rotatable bonds is 3. The number of nitrogens with zero attached hydrogens (tertiary/aromatic N) is 4. The van der Waals surface area contributed by atoms with Crippen LogP contribution in [-0.4, -0.2) is 27.8 Å². The van der Waals surface area contributed by atoms with Gasteiger partial charge in [0.1, 0.15) is 6.07 Å². The fourth-order valence-electron chi connectivity index (χ4n) is 3.58. The molecule has 3 rings (SSSR count). The van der Waals surface area contributed by atoms with E-state index in [1.165, 1.54) is 57.2 Å². The lowest BCUT2D eigenvalue weighted by Crippen LogP contribution is -2.35. The van der Waals surface area contributed by atoms with Crippen molar-refractivity contribution in [1.29, 1.82) is 5.26 Å². The number of aromatic nitrogens is 2. The molecule has 2 aliphatic rings. The summed E-state index contributed by atoms with van der Waals surface area (Å²) in [4.78, 5) is 2.53. The molecule has 0 amide bonds. The zero-order valence-corrected chi connectivity index (χ0v) is 12.2. The predicted octanol–water partition coefficient (Wildman–Crippen LogP) is 2.93. The van der Waals surface area contributed by atoms with Gasteiger partial charge in [-0.3, -0.25) is 9.58 Å². The smallest absolute Gasteiger partial charge is 0.162 e. The number of hydrogen-bond acceptors (Lipinski definition) is 3. The molecule has 0 unspecified atom stereocenters. The lowest BCUT2D eigenvalue weighted by molar-refractivity contribution is 0.195. The Kier molecular flexibility index (Phi) is 4.37. The molecule has 0 aromatic carbocycles. The maximum absolute atomic E-state index is 8.91. The SMILES string of the molecule is N#Cc1cc2n(n1)CCN(CCC1CCCCCC1)C2. The molecule has 1 aromatic rings. The second-order valence-corrected chi connectivity index (χ2v) is 6.28. The molecule has 1 aliphatic heterocycles. The van der Waals surface area contributed by atoms with Crippen molar-refractivity contribution in [2.45, 2.75) is 58.0 Å². The van der Waals surface area contributed by atoms with Gasteiger partial charge < -0.3 is 0 Å². The van der Waals surface area contributed by atoms with Gasteiger partial charge in [-0.2, -0.15) is 10.4 Å². The summed E-state index contributed by atoms with van der Waals surface area (Å²) >= 11 is 0. The minimum absolute atomic E-state index is 0.561. The van der Waals surface area contributed by atoms with E-state index in [1.54, 1.807) is 0 Å². The number of fused-ring (bicyclic) bond motifs is 1. The third-order valence-electron chi connectivity index (χ3n) is 4.82. The molecule has 1 aromatic heterocycles. The molecule has 0 saturated heterocycles. The monoisotopic (exact) mass is 272 g/mol. The second kappa shape index (κ2) is 6.41. The quantitative estimate of drug-likeness (QED) is 0.795. The topological polar surface area (TPSA) is 44.9 Å². The maximum Gasteiger partial charge on any atom is 0.162 e. The van der Waals surface area contributed by atoms with Crippen LogP contribution in [0.3, 0.4) is 0 Å². The van der Waals surface area contributed by atoms with Crippen molar-refractivity contribution >= 4 is 0 Å². The predicted molar refractivity (Wildman–Crippen MR) is 78.0 cm³/mol. The summed E-state index contributed by atoms with van der Waals surface area (Å²) in [7, 11) is 0. The van der Waals surface area contributed by atoms with Gasteiger partial charge >= 0.3 is 0 Å². The van der Waals surface area contributed by atoms with E-state index in [0.717, 1.165) is 25.6 Å². The Morgan fingerprint density at radius 2 is 2.00 bits per heavy atom. The molecule has 0 N–H and O–H groups in total. The Balaban J connectivity index is 1.51. The van der Waals surface area contributed by atoms with Gasteiger partial charge in [0.05, 0.1) is 12.2 Å². The third-order valence-corrected chi connectivity index (χ3v) is 4.82. The zero-order valence-electron chi connectivity index (χ0n) is 12.2. The molecule has 0 radical (unpaired) electrons. The largest absolute Gasteiger partial charge is 0.296 e. The summed E-state index contributed by atoms with van der Waals surface area (Å²) in [5.74, 6) is 0.944. The van der Waals surface area contributed by atoms with E-state index in [1.807, 2.05) is 10.7 Å². The maximum atomic E-state index is 8.91. The molecule has 1 fully saturated rings. The van der Waals surface area contributed by atoms with Crippen LogP contribution in [0.4, 0.5) is 0 Å². The molecule has 4 heteroatoms. The van der Waals surface area contributed by atoms with Crippen molar-refractivity contribution in [3.63, 3.8) is 0 Å². The lowest BCUT2D eigenvalue weighted by atomic mass is 9.96. The van der Waals surface area contributed by atoms with Gasteiger partial charge in [0, 0.05) is 13.1 Å². The van der Waals surface area contributed by atoms with E-state index in [-0.39, 0.29) is 0 Å². The van der Waals surface area contributed by atoms with Crippen LogP contribution >= 0.6 is 0 Å². The first-order valence-corrected chi connectivity index (χ1v) is 8.04. The molecular weight excluding hydrogens is 248 g/mol. The van der Waals surface area contributed by atoms with Crippen molar-refractivity contribution in [1.82, 2.24) is 14.7 Å². The van der Waals surface area contributed by atoms with Crippen LogP contribution in [0.5, 0.6) is 0 Å². The van der Waals surface area contributed by atoms with Crippen molar-refractivity contribution in [2.75, 3.05) is 13.1 Å². The van der Waals surface area contributed by atoms with E-state index < -0.39 is 0 Å². The summed E-state index contributed by atoms with van der Waals surface area (Å²) in [5.41, 5.74) is 1.76. The van der Waals surface area contributed by atoms with Crippen molar-refractivity contribution in [3.8, 4) is 6.07 Å². The minimum Gasteiger partial charge on any atom is -0.296 e. The van der Waals surface area contributed by atoms with E-state index in [4.69, 9.17) is 5.26 Å². The first-order valence-electron chi connectivity index (χ1n) is 8.04. The van der Waals surface area contributed by atoms with Crippen LogP contribution in [0, 0.1) is 17.2 Å². The third kappa shape index (κ3) is 3.21. The summed E-state index contributed by atoms with van der Waals surface area (Å²) in [5, 5.41) is 13.2. The molecule has 0 atom stereocenters. The van der Waals surface area contributed by atoms with Gasteiger partial charge in [-0.15, -0.1) is 0 Å². The fraction of sp³-hybridized carbons (Fsp3) is 0.750. The van der Waals surface area contributed by atoms with E-state index in [0.29, 0.717) is 5.69 Å². The molecule has 108 valence electrons. The van der Waals surface area contributed by atoms with Crippen LogP contribution in [-0.2, 0) is 13.1 Å². The molecule has 2 heterocycles. The molecule has 1 saturated carbocycles. The minimum atomic E-state index is 0.561. The molecular formula is C16H24N4. The molecule has 0 spiro atoms. The highest BCUT2D eigenvalue weighted by Crippen LogP contribution is 2.26. The standard InChI is InChI=1S/C16H24N4/c17-12-15-11-16-13-19(9-10-20(16)18-15)8-7-14-5-3-1-2-4-6-14/h11,14H,1-10,13H2. The highest BCUT2D eigenvalue weighted by molar-refractivity contribution is 5.23. The Labute approximate surface area is 121 Å². The molecule has 20 heavy (non-hydrogen) atoms. The average Bonchev–Trinajstić information content (AvgIpc) is 2.71. The van der Waals surface area contributed by atoms with E-state index >= 15 is 0 Å². The zero-order chi connectivity index (χ0) is 13.8. The van der Waals surface area contributed by atoms with Gasteiger partial charge in [0.15, 0.2) is 5.69 Å². The first kappa shape index (κ1) is 13.6. The van der Waals surface area contributed by atoms with Gasteiger partial charge in [0.2, 0.25) is 0 Å². The highest BCUT2D eigenvalue weighted by atomic mass is 15.3. The highest BCUT2D eigenvalue weighted by Gasteiger charge is 2.20. The van der Waals surface area contributed by atoms with Gasteiger partial charge in [-0.05, 0) is 24.9 Å². The van der Waals surface area contributed by atoms with Crippen LogP contribution in [0.15, 0.2) is 6.07 Å². The summed E-state index contributed by atoms with van der Waals surface area (Å²) in [6, 6.07) is 4.08. The van der Waals surface area contributed by atoms with Crippen LogP contribution < -0.4 is 0 Å². The van der Waals surface area contributed by atoms with Crippen molar-refractivity contribution in [3.05, 3.63) is 17.5 Å². The lowest BCUT2D eigenvalue weighted by Gasteiger charge is -2.28. The normalized spacial score (nSPS) is 21.1. The Bertz CT molecular complexity index is 477. The van der Waals surface area contributed by atoms with Gasteiger partial charge in [0.25, 0.3) is 0 Å². The van der Waals surface area contributed by atoms with Crippen molar-refractivity contribution < 1.29 is 0 Å². The van der Waals surface area contributed by atoms with Crippen molar-refractivity contribution in [2.24, 2.45) is 5.92 Å².